The molecule has 1 nitrogen and oxygen atoms in total. The molecule has 1 unspecified atom stereocenters. The standard InChI is InChI=1S/C63H65N/c1-12-20-42(6)60-52(48(14-3)40(4)13-2)25-19-26-59(60)64(46-33-31-45(32-34-46)62(7,8)9)47-35-36-54-57(38-47)63(10,11)58-39-56(51-23-17-18-24-53(51)61(54)58)44-28-27-41(5)55(37-44)50-22-16-15-21-49(50)43-29-30-43/h13-19,21-28,31-39,42-43H,2-3,12,20,29-30H2,1,4-11H3/b48-40+. The van der Waals surface area contributed by atoms with Gasteiger partial charge in [0.2, 0.25) is 0 Å². The van der Waals surface area contributed by atoms with E-state index in [2.05, 4.69) is 214 Å². The average Bonchev–Trinajstić information content (AvgIpc) is 4.12. The lowest BCUT2D eigenvalue weighted by Gasteiger charge is -2.33. The topological polar surface area (TPSA) is 3.24 Å². The zero-order chi connectivity index (χ0) is 45.1. The van der Waals surface area contributed by atoms with E-state index in [9.17, 15) is 0 Å². The van der Waals surface area contributed by atoms with Gasteiger partial charge in [-0.15, -0.1) is 0 Å². The van der Waals surface area contributed by atoms with Crippen molar-refractivity contribution in [2.75, 3.05) is 4.90 Å². The lowest BCUT2D eigenvalue weighted by Crippen LogP contribution is -2.18. The molecule has 0 aliphatic heterocycles. The fourth-order valence-electron chi connectivity index (χ4n) is 10.7. The Morgan fingerprint density at radius 1 is 0.719 bits per heavy atom. The number of anilines is 3. The van der Waals surface area contributed by atoms with Crippen molar-refractivity contribution < 1.29 is 0 Å². The summed E-state index contributed by atoms with van der Waals surface area (Å²) in [6.07, 6.45) is 8.73. The van der Waals surface area contributed by atoms with Crippen LogP contribution in [0.5, 0.6) is 0 Å². The van der Waals surface area contributed by atoms with Crippen LogP contribution in [0.3, 0.4) is 0 Å². The van der Waals surface area contributed by atoms with Gasteiger partial charge in [-0.3, -0.25) is 0 Å². The molecule has 2 aliphatic carbocycles. The number of hydrogen-bond acceptors (Lipinski definition) is 1. The number of benzene rings is 7. The van der Waals surface area contributed by atoms with Crippen LogP contribution >= 0.6 is 0 Å². The number of nitrogens with zero attached hydrogens (tertiary/aromatic N) is 1. The molecule has 1 heteroatoms. The molecule has 0 spiro atoms. The van der Waals surface area contributed by atoms with Crippen molar-refractivity contribution in [2.24, 2.45) is 0 Å². The number of hydrogen-bond donors (Lipinski definition) is 0. The Hall–Kier alpha value is -6.18. The Balaban J connectivity index is 1.24. The molecule has 0 bridgehead atoms. The maximum atomic E-state index is 4.31. The summed E-state index contributed by atoms with van der Waals surface area (Å²) in [4.78, 5) is 2.53. The second-order valence-electron chi connectivity index (χ2n) is 20.2. The second-order valence-corrected chi connectivity index (χ2v) is 20.2. The highest BCUT2D eigenvalue weighted by Gasteiger charge is 2.38. The normalized spacial score (nSPS) is 15.0. The number of rotatable bonds is 12. The molecule has 1 saturated carbocycles. The first-order valence-corrected chi connectivity index (χ1v) is 23.7. The summed E-state index contributed by atoms with van der Waals surface area (Å²) < 4.78 is 0. The van der Waals surface area contributed by atoms with E-state index in [0.29, 0.717) is 11.8 Å². The average molecular weight is 836 g/mol. The predicted octanol–water partition coefficient (Wildman–Crippen LogP) is 18.5. The SMILES string of the molecule is C=C/C(C)=C(\C=C)c1cccc(N(c2ccc(C(C)(C)C)cc2)c2ccc3c(c2)C(C)(C)c2cc(-c4ccc(C)c(-c5ccccc5C5CC5)c4)c4ccccc4c2-3)c1C(C)CCC. The Morgan fingerprint density at radius 3 is 2.11 bits per heavy atom. The van der Waals surface area contributed by atoms with Gasteiger partial charge in [0.25, 0.3) is 0 Å². The van der Waals surface area contributed by atoms with Gasteiger partial charge in [-0.2, -0.15) is 0 Å². The summed E-state index contributed by atoms with van der Waals surface area (Å²) in [5.41, 5.74) is 23.0. The Labute approximate surface area is 383 Å². The van der Waals surface area contributed by atoms with Crippen LogP contribution in [0, 0.1) is 6.92 Å². The molecule has 0 aromatic heterocycles. The van der Waals surface area contributed by atoms with Gasteiger partial charge in [0.1, 0.15) is 0 Å². The summed E-state index contributed by atoms with van der Waals surface area (Å²) >= 11 is 0. The molecule has 0 radical (unpaired) electrons. The molecule has 64 heavy (non-hydrogen) atoms. The Bertz CT molecular complexity index is 2980. The van der Waals surface area contributed by atoms with Crippen LogP contribution in [0.2, 0.25) is 0 Å². The molecule has 0 heterocycles. The van der Waals surface area contributed by atoms with Crippen molar-refractivity contribution in [3.05, 3.63) is 203 Å². The van der Waals surface area contributed by atoms with Crippen molar-refractivity contribution >= 4 is 33.4 Å². The summed E-state index contributed by atoms with van der Waals surface area (Å²) in [5.74, 6) is 0.991. The summed E-state index contributed by atoms with van der Waals surface area (Å²) in [5, 5.41) is 2.61. The fourth-order valence-corrected chi connectivity index (χ4v) is 10.7. The third-order valence-electron chi connectivity index (χ3n) is 14.5. The van der Waals surface area contributed by atoms with Gasteiger partial charge in [0.15, 0.2) is 0 Å². The van der Waals surface area contributed by atoms with E-state index in [1.807, 2.05) is 12.2 Å². The summed E-state index contributed by atoms with van der Waals surface area (Å²) in [7, 11) is 0. The van der Waals surface area contributed by atoms with E-state index in [4.69, 9.17) is 0 Å². The number of allylic oxidation sites excluding steroid dienone is 4. The molecule has 0 saturated heterocycles. The largest absolute Gasteiger partial charge is 0.310 e. The molecule has 9 rings (SSSR count). The van der Waals surface area contributed by atoms with Gasteiger partial charge >= 0.3 is 0 Å². The molecule has 7 aromatic carbocycles. The van der Waals surface area contributed by atoms with Crippen LogP contribution in [0.4, 0.5) is 17.1 Å². The van der Waals surface area contributed by atoms with E-state index in [0.717, 1.165) is 35.4 Å². The molecular weight excluding hydrogens is 771 g/mol. The van der Waals surface area contributed by atoms with Crippen LogP contribution < -0.4 is 4.90 Å². The van der Waals surface area contributed by atoms with E-state index < -0.39 is 0 Å². The lowest BCUT2D eigenvalue weighted by molar-refractivity contribution is 0.590. The molecule has 0 N–H and O–H groups in total. The van der Waals surface area contributed by atoms with E-state index >= 15 is 0 Å². The van der Waals surface area contributed by atoms with Crippen molar-refractivity contribution in [1.82, 2.24) is 0 Å². The summed E-state index contributed by atoms with van der Waals surface area (Å²) in [6, 6.07) is 51.3. The third kappa shape index (κ3) is 7.47. The molecule has 322 valence electrons. The highest BCUT2D eigenvalue weighted by molar-refractivity contribution is 6.09. The maximum absolute atomic E-state index is 4.31. The highest BCUT2D eigenvalue weighted by atomic mass is 15.1. The van der Waals surface area contributed by atoms with E-state index in [-0.39, 0.29) is 10.8 Å². The Kier molecular flexibility index (Phi) is 11.3. The fraction of sp³-hybridized carbons (Fsp3) is 0.270. The maximum Gasteiger partial charge on any atom is 0.0502 e. The minimum Gasteiger partial charge on any atom is -0.310 e. The van der Waals surface area contributed by atoms with Crippen LogP contribution in [-0.4, -0.2) is 0 Å². The van der Waals surface area contributed by atoms with Gasteiger partial charge in [-0.25, -0.2) is 0 Å². The van der Waals surface area contributed by atoms with Crippen molar-refractivity contribution in [3.8, 4) is 33.4 Å². The van der Waals surface area contributed by atoms with Crippen molar-refractivity contribution in [3.63, 3.8) is 0 Å². The van der Waals surface area contributed by atoms with E-state index in [1.165, 1.54) is 102 Å². The van der Waals surface area contributed by atoms with Gasteiger partial charge in [0.05, 0.1) is 5.69 Å². The summed E-state index contributed by atoms with van der Waals surface area (Å²) in [6.45, 7) is 29.3. The van der Waals surface area contributed by atoms with Crippen LogP contribution in [0.25, 0.3) is 49.7 Å². The molecule has 2 aliphatic rings. The molecule has 0 amide bonds. The van der Waals surface area contributed by atoms with Crippen LogP contribution in [-0.2, 0) is 10.8 Å². The Morgan fingerprint density at radius 2 is 1.42 bits per heavy atom. The molecule has 7 aromatic rings. The van der Waals surface area contributed by atoms with Crippen molar-refractivity contribution in [1.29, 1.82) is 0 Å². The van der Waals surface area contributed by atoms with E-state index in [1.54, 1.807) is 0 Å². The van der Waals surface area contributed by atoms with Crippen molar-refractivity contribution in [2.45, 2.75) is 111 Å². The first-order valence-electron chi connectivity index (χ1n) is 23.7. The van der Waals surface area contributed by atoms with Gasteiger partial charge in [-0.05, 0) is 187 Å². The first-order chi connectivity index (χ1) is 30.8. The zero-order valence-electron chi connectivity index (χ0n) is 39.7. The number of fused-ring (bicyclic) bond motifs is 5. The lowest BCUT2D eigenvalue weighted by atomic mass is 9.80. The van der Waals surface area contributed by atoms with Gasteiger partial charge in [0, 0.05) is 16.8 Å². The monoisotopic (exact) mass is 836 g/mol. The minimum atomic E-state index is -0.257. The quantitative estimate of drug-likeness (QED) is 0.111. The molecule has 1 atom stereocenters. The zero-order valence-corrected chi connectivity index (χ0v) is 39.7. The molecular formula is C63H65N. The third-order valence-corrected chi connectivity index (χ3v) is 14.5. The van der Waals surface area contributed by atoms with Crippen LogP contribution in [0.1, 0.15) is 132 Å². The second kappa shape index (κ2) is 16.7. The minimum absolute atomic E-state index is 0.0438. The molecule has 1 fully saturated rings. The highest BCUT2D eigenvalue weighted by Crippen LogP contribution is 2.55. The smallest absolute Gasteiger partial charge is 0.0502 e. The predicted molar refractivity (Wildman–Crippen MR) is 279 cm³/mol. The number of aryl methyl sites for hydroxylation is 1. The van der Waals surface area contributed by atoms with Gasteiger partial charge in [-0.1, -0.05) is 171 Å². The van der Waals surface area contributed by atoms with Crippen LogP contribution in [0.15, 0.2) is 164 Å². The van der Waals surface area contributed by atoms with Gasteiger partial charge < -0.3 is 4.90 Å². The first kappa shape index (κ1) is 43.1.